The zero-order valence-electron chi connectivity index (χ0n) is 24.8. The van der Waals surface area contributed by atoms with Gasteiger partial charge in [0.15, 0.2) is 12.2 Å². The van der Waals surface area contributed by atoms with Gasteiger partial charge in [-0.2, -0.15) is 0 Å². The van der Waals surface area contributed by atoms with Crippen LogP contribution in [0.15, 0.2) is 0 Å². The molecule has 0 fully saturated rings. The summed E-state index contributed by atoms with van der Waals surface area (Å²) in [5.41, 5.74) is 0. The highest BCUT2D eigenvalue weighted by Crippen LogP contribution is 2.14. The molecular weight excluding hydrogens is 484 g/mol. The molecule has 0 bridgehead atoms. The fourth-order valence-electron chi connectivity index (χ4n) is 4.30. The van der Waals surface area contributed by atoms with Gasteiger partial charge in [-0.25, -0.2) is 0 Å². The van der Waals surface area contributed by atoms with E-state index in [1.165, 1.54) is 44.9 Å². The van der Waals surface area contributed by atoms with Crippen molar-refractivity contribution in [3.8, 4) is 0 Å². The monoisotopic (exact) mass is 542 g/mol. The molecule has 0 unspecified atom stereocenters. The summed E-state index contributed by atoms with van der Waals surface area (Å²) in [4.78, 5) is 37.2. The van der Waals surface area contributed by atoms with Gasteiger partial charge in [-0.05, 0) is 19.3 Å². The third kappa shape index (κ3) is 22.4. The first-order valence-electron chi connectivity index (χ1n) is 15.6. The molecule has 0 rings (SSSR count). The highest BCUT2D eigenvalue weighted by Gasteiger charge is 2.29. The van der Waals surface area contributed by atoms with Crippen molar-refractivity contribution >= 4 is 17.9 Å². The van der Waals surface area contributed by atoms with Crippen LogP contribution < -0.4 is 0 Å². The number of hydrogen-bond acceptors (Lipinski definition) is 7. The molecule has 2 atom stereocenters. The summed E-state index contributed by atoms with van der Waals surface area (Å²) in [6, 6.07) is 0. The fourth-order valence-corrected chi connectivity index (χ4v) is 4.30. The molecule has 0 aromatic rings. The highest BCUT2D eigenvalue weighted by molar-refractivity contribution is 5.71. The SMILES string of the molecule is CCCCCCCCC(=O)OC[C@H](OC(=O)CCCCCCCC)[C@@H](CO)OC(=O)CCCCCCCC. The van der Waals surface area contributed by atoms with Crippen molar-refractivity contribution in [3.05, 3.63) is 0 Å². The van der Waals surface area contributed by atoms with Gasteiger partial charge in [0.2, 0.25) is 0 Å². The summed E-state index contributed by atoms with van der Waals surface area (Å²) in [6.45, 7) is 5.75. The van der Waals surface area contributed by atoms with E-state index >= 15 is 0 Å². The molecule has 0 aromatic heterocycles. The van der Waals surface area contributed by atoms with Crippen LogP contribution in [0.5, 0.6) is 0 Å². The number of unbranched alkanes of at least 4 members (excludes halogenated alkanes) is 15. The van der Waals surface area contributed by atoms with Crippen molar-refractivity contribution < 1.29 is 33.7 Å². The Bertz CT molecular complexity index is 579. The Morgan fingerprint density at radius 2 is 0.842 bits per heavy atom. The molecule has 0 spiro atoms. The van der Waals surface area contributed by atoms with Gasteiger partial charge < -0.3 is 19.3 Å². The maximum absolute atomic E-state index is 12.5. The molecule has 0 saturated heterocycles. The van der Waals surface area contributed by atoms with E-state index in [4.69, 9.17) is 14.2 Å². The predicted octanol–water partition coefficient (Wildman–Crippen LogP) is 7.60. The molecule has 0 saturated carbocycles. The third-order valence-electron chi connectivity index (χ3n) is 6.77. The summed E-state index contributed by atoms with van der Waals surface area (Å²) in [5, 5.41) is 9.92. The predicted molar refractivity (Wildman–Crippen MR) is 152 cm³/mol. The minimum absolute atomic E-state index is 0.230. The smallest absolute Gasteiger partial charge is 0.306 e. The first kappa shape index (κ1) is 36.4. The van der Waals surface area contributed by atoms with Gasteiger partial charge in [0.25, 0.3) is 0 Å². The van der Waals surface area contributed by atoms with Gasteiger partial charge in [0, 0.05) is 19.3 Å². The van der Waals surface area contributed by atoms with Crippen molar-refractivity contribution in [3.63, 3.8) is 0 Å². The van der Waals surface area contributed by atoms with Crippen molar-refractivity contribution in [1.29, 1.82) is 0 Å². The second-order valence-corrected chi connectivity index (χ2v) is 10.5. The van der Waals surface area contributed by atoms with Crippen LogP contribution in [0.1, 0.15) is 156 Å². The molecule has 7 heteroatoms. The summed E-state index contributed by atoms with van der Waals surface area (Å²) in [6.07, 6.45) is 17.6. The highest BCUT2D eigenvalue weighted by atomic mass is 16.6. The van der Waals surface area contributed by atoms with E-state index in [-0.39, 0.29) is 25.4 Å². The first-order valence-corrected chi connectivity index (χ1v) is 15.6. The van der Waals surface area contributed by atoms with Crippen LogP contribution in [0.2, 0.25) is 0 Å². The molecule has 0 aromatic carbocycles. The first-order chi connectivity index (χ1) is 18.5. The zero-order valence-corrected chi connectivity index (χ0v) is 24.8. The average Bonchev–Trinajstić information content (AvgIpc) is 2.91. The van der Waals surface area contributed by atoms with E-state index in [9.17, 15) is 19.5 Å². The number of carbonyl (C=O) groups excluding carboxylic acids is 3. The minimum Gasteiger partial charge on any atom is -0.462 e. The molecule has 0 heterocycles. The number of aliphatic hydroxyl groups is 1. The number of esters is 3. The van der Waals surface area contributed by atoms with Crippen LogP contribution in [0, 0.1) is 0 Å². The molecule has 38 heavy (non-hydrogen) atoms. The van der Waals surface area contributed by atoms with Crippen LogP contribution in [0.4, 0.5) is 0 Å². The molecule has 0 amide bonds. The normalized spacial score (nSPS) is 12.6. The Kier molecular flexibility index (Phi) is 25.8. The maximum Gasteiger partial charge on any atom is 0.306 e. The number of carbonyl (C=O) groups is 3. The van der Waals surface area contributed by atoms with Crippen molar-refractivity contribution in [2.45, 2.75) is 168 Å². The van der Waals surface area contributed by atoms with Crippen molar-refractivity contribution in [1.82, 2.24) is 0 Å². The van der Waals surface area contributed by atoms with Gasteiger partial charge in [-0.3, -0.25) is 14.4 Å². The zero-order chi connectivity index (χ0) is 28.3. The lowest BCUT2D eigenvalue weighted by Gasteiger charge is -2.25. The third-order valence-corrected chi connectivity index (χ3v) is 6.77. The average molecular weight is 543 g/mol. The molecule has 0 aliphatic heterocycles. The minimum atomic E-state index is -1.06. The lowest BCUT2D eigenvalue weighted by Crippen LogP contribution is -2.41. The molecule has 0 radical (unpaired) electrons. The van der Waals surface area contributed by atoms with E-state index < -0.39 is 30.8 Å². The summed E-state index contributed by atoms with van der Waals surface area (Å²) in [7, 11) is 0. The summed E-state index contributed by atoms with van der Waals surface area (Å²) < 4.78 is 16.4. The van der Waals surface area contributed by atoms with Crippen LogP contribution in [-0.2, 0) is 28.6 Å². The quantitative estimate of drug-likeness (QED) is 0.0648. The van der Waals surface area contributed by atoms with E-state index in [0.717, 1.165) is 64.2 Å². The van der Waals surface area contributed by atoms with E-state index in [2.05, 4.69) is 20.8 Å². The van der Waals surface area contributed by atoms with Crippen LogP contribution >= 0.6 is 0 Å². The number of hydrogen-bond donors (Lipinski definition) is 1. The van der Waals surface area contributed by atoms with E-state index in [0.29, 0.717) is 12.8 Å². The van der Waals surface area contributed by atoms with E-state index in [1.54, 1.807) is 0 Å². The van der Waals surface area contributed by atoms with Gasteiger partial charge >= 0.3 is 17.9 Å². The fraction of sp³-hybridized carbons (Fsp3) is 0.903. The molecule has 0 aliphatic carbocycles. The maximum atomic E-state index is 12.5. The Hall–Kier alpha value is -1.63. The van der Waals surface area contributed by atoms with Gasteiger partial charge in [0.1, 0.15) is 6.61 Å². The summed E-state index contributed by atoms with van der Waals surface area (Å²) in [5.74, 6) is -1.23. The standard InChI is InChI=1S/C31H58O7/c1-4-7-10-13-16-19-22-29(33)36-26-28(38-31(35)24-21-18-15-12-9-6-3)27(25-32)37-30(34)23-20-17-14-11-8-5-2/h27-28,32H,4-26H2,1-3H3/t27-,28+/m1/s1. The Balaban J connectivity index is 4.73. The van der Waals surface area contributed by atoms with Crippen LogP contribution in [-0.4, -0.2) is 48.4 Å². The Morgan fingerprint density at radius 1 is 0.500 bits per heavy atom. The van der Waals surface area contributed by atoms with Crippen LogP contribution in [0.3, 0.4) is 0 Å². The second kappa shape index (κ2) is 27.0. The number of ether oxygens (including phenoxy) is 3. The van der Waals surface area contributed by atoms with Crippen molar-refractivity contribution in [2.75, 3.05) is 13.2 Å². The molecule has 7 nitrogen and oxygen atoms in total. The summed E-state index contributed by atoms with van der Waals surface area (Å²) >= 11 is 0. The van der Waals surface area contributed by atoms with Crippen LogP contribution in [0.25, 0.3) is 0 Å². The van der Waals surface area contributed by atoms with Gasteiger partial charge in [0.05, 0.1) is 6.61 Å². The second-order valence-electron chi connectivity index (χ2n) is 10.5. The topological polar surface area (TPSA) is 99.1 Å². The lowest BCUT2D eigenvalue weighted by molar-refractivity contribution is -0.179. The Labute approximate surface area is 232 Å². The van der Waals surface area contributed by atoms with Gasteiger partial charge in [-0.1, -0.05) is 117 Å². The van der Waals surface area contributed by atoms with E-state index in [1.807, 2.05) is 0 Å². The molecule has 0 aliphatic rings. The molecular formula is C31H58O7. The van der Waals surface area contributed by atoms with Crippen molar-refractivity contribution in [2.24, 2.45) is 0 Å². The lowest BCUT2D eigenvalue weighted by atomic mass is 10.1. The van der Waals surface area contributed by atoms with Gasteiger partial charge in [-0.15, -0.1) is 0 Å². The number of rotatable bonds is 27. The molecule has 1 N–H and O–H groups in total. The number of aliphatic hydroxyl groups excluding tert-OH is 1. The Morgan fingerprint density at radius 3 is 1.24 bits per heavy atom. The molecule has 224 valence electrons. The largest absolute Gasteiger partial charge is 0.462 e.